The van der Waals surface area contributed by atoms with Crippen LogP contribution >= 0.6 is 0 Å². The SMILES string of the molecule is CCCN(CCO)C(=O)NC(C)(C)C. The van der Waals surface area contributed by atoms with E-state index in [1.807, 2.05) is 27.7 Å². The van der Waals surface area contributed by atoms with Crippen LogP contribution in [-0.4, -0.2) is 41.3 Å². The molecule has 0 aliphatic rings. The summed E-state index contributed by atoms with van der Waals surface area (Å²) in [5.41, 5.74) is -0.224. The highest BCUT2D eigenvalue weighted by atomic mass is 16.3. The predicted molar refractivity (Wildman–Crippen MR) is 57.2 cm³/mol. The van der Waals surface area contributed by atoms with Crippen LogP contribution < -0.4 is 5.32 Å². The monoisotopic (exact) mass is 202 g/mol. The minimum absolute atomic E-state index is 0.0115. The summed E-state index contributed by atoms with van der Waals surface area (Å²) in [4.78, 5) is 13.3. The number of urea groups is 1. The number of aliphatic hydroxyl groups excluding tert-OH is 1. The van der Waals surface area contributed by atoms with E-state index in [-0.39, 0.29) is 18.2 Å². The first-order valence-corrected chi connectivity index (χ1v) is 5.08. The van der Waals surface area contributed by atoms with Gasteiger partial charge in [-0.1, -0.05) is 6.92 Å². The molecule has 0 aliphatic heterocycles. The smallest absolute Gasteiger partial charge is 0.317 e. The molecule has 0 atom stereocenters. The van der Waals surface area contributed by atoms with Crippen LogP contribution in [0.1, 0.15) is 34.1 Å². The third-order valence-electron chi connectivity index (χ3n) is 1.63. The molecular weight excluding hydrogens is 180 g/mol. The van der Waals surface area contributed by atoms with Crippen molar-refractivity contribution < 1.29 is 9.90 Å². The quantitative estimate of drug-likeness (QED) is 0.719. The van der Waals surface area contributed by atoms with Gasteiger partial charge >= 0.3 is 6.03 Å². The van der Waals surface area contributed by atoms with Gasteiger partial charge in [-0.2, -0.15) is 0 Å². The molecule has 4 heteroatoms. The zero-order valence-electron chi connectivity index (χ0n) is 9.63. The van der Waals surface area contributed by atoms with Gasteiger partial charge in [0, 0.05) is 18.6 Å². The summed E-state index contributed by atoms with van der Waals surface area (Å²) < 4.78 is 0. The maximum Gasteiger partial charge on any atom is 0.317 e. The number of aliphatic hydroxyl groups is 1. The van der Waals surface area contributed by atoms with E-state index in [1.165, 1.54) is 0 Å². The first-order chi connectivity index (χ1) is 6.40. The minimum Gasteiger partial charge on any atom is -0.395 e. The molecule has 0 rings (SSSR count). The fourth-order valence-electron chi connectivity index (χ4n) is 1.11. The number of hydrogen-bond acceptors (Lipinski definition) is 2. The van der Waals surface area contributed by atoms with Crippen LogP contribution in [0.25, 0.3) is 0 Å². The fourth-order valence-corrected chi connectivity index (χ4v) is 1.11. The van der Waals surface area contributed by atoms with E-state index in [0.717, 1.165) is 6.42 Å². The second kappa shape index (κ2) is 5.86. The molecule has 2 N–H and O–H groups in total. The summed E-state index contributed by atoms with van der Waals surface area (Å²) in [5.74, 6) is 0. The summed E-state index contributed by atoms with van der Waals surface area (Å²) in [6.45, 7) is 8.92. The molecule has 0 fully saturated rings. The third-order valence-corrected chi connectivity index (χ3v) is 1.63. The number of nitrogens with zero attached hydrogens (tertiary/aromatic N) is 1. The van der Waals surface area contributed by atoms with Gasteiger partial charge in [-0.15, -0.1) is 0 Å². The molecule has 0 bridgehead atoms. The van der Waals surface area contributed by atoms with E-state index >= 15 is 0 Å². The van der Waals surface area contributed by atoms with Crippen LogP contribution in [0.3, 0.4) is 0 Å². The highest BCUT2D eigenvalue weighted by Gasteiger charge is 2.18. The summed E-state index contributed by atoms with van der Waals surface area (Å²) in [5, 5.41) is 11.7. The van der Waals surface area contributed by atoms with Crippen LogP contribution in [0, 0.1) is 0 Å². The van der Waals surface area contributed by atoms with E-state index < -0.39 is 0 Å². The molecule has 0 aromatic heterocycles. The Morgan fingerprint density at radius 1 is 1.36 bits per heavy atom. The average molecular weight is 202 g/mol. The Bertz CT molecular complexity index is 169. The summed E-state index contributed by atoms with van der Waals surface area (Å²) >= 11 is 0. The lowest BCUT2D eigenvalue weighted by Gasteiger charge is -2.27. The highest BCUT2D eigenvalue weighted by molar-refractivity contribution is 5.74. The lowest BCUT2D eigenvalue weighted by molar-refractivity contribution is 0.170. The van der Waals surface area contributed by atoms with Crippen molar-refractivity contribution in [2.24, 2.45) is 0 Å². The first-order valence-electron chi connectivity index (χ1n) is 5.08. The molecule has 84 valence electrons. The van der Waals surface area contributed by atoms with Crippen molar-refractivity contribution in [3.63, 3.8) is 0 Å². The van der Waals surface area contributed by atoms with Crippen LogP contribution in [-0.2, 0) is 0 Å². The van der Waals surface area contributed by atoms with Gasteiger partial charge in [0.15, 0.2) is 0 Å². The molecule has 4 nitrogen and oxygen atoms in total. The first kappa shape index (κ1) is 13.2. The Balaban J connectivity index is 4.14. The van der Waals surface area contributed by atoms with Crippen LogP contribution in [0.4, 0.5) is 4.79 Å². The zero-order valence-corrected chi connectivity index (χ0v) is 9.63. The minimum atomic E-state index is -0.224. The Labute approximate surface area is 86.3 Å². The van der Waals surface area contributed by atoms with Crippen LogP contribution in [0.2, 0.25) is 0 Å². The zero-order chi connectivity index (χ0) is 11.2. The second-order valence-corrected chi connectivity index (χ2v) is 4.39. The normalized spacial score (nSPS) is 11.2. The Morgan fingerprint density at radius 3 is 2.29 bits per heavy atom. The van der Waals surface area contributed by atoms with Gasteiger partial charge in [0.1, 0.15) is 0 Å². The van der Waals surface area contributed by atoms with E-state index in [9.17, 15) is 4.79 Å². The van der Waals surface area contributed by atoms with Gasteiger partial charge < -0.3 is 15.3 Å². The molecule has 0 saturated heterocycles. The molecule has 14 heavy (non-hydrogen) atoms. The van der Waals surface area contributed by atoms with E-state index in [4.69, 9.17) is 5.11 Å². The van der Waals surface area contributed by atoms with Crippen molar-refractivity contribution in [2.75, 3.05) is 19.7 Å². The molecule has 0 spiro atoms. The van der Waals surface area contributed by atoms with Crippen molar-refractivity contribution in [1.29, 1.82) is 0 Å². The topological polar surface area (TPSA) is 52.6 Å². The molecule has 0 unspecified atom stereocenters. The van der Waals surface area contributed by atoms with Crippen molar-refractivity contribution in [3.8, 4) is 0 Å². The van der Waals surface area contributed by atoms with E-state index in [1.54, 1.807) is 4.90 Å². The molecule has 0 heterocycles. The molecule has 0 aromatic carbocycles. The van der Waals surface area contributed by atoms with Crippen molar-refractivity contribution in [3.05, 3.63) is 0 Å². The van der Waals surface area contributed by atoms with Gasteiger partial charge in [-0.25, -0.2) is 4.79 Å². The van der Waals surface area contributed by atoms with Gasteiger partial charge in [0.25, 0.3) is 0 Å². The van der Waals surface area contributed by atoms with E-state index in [2.05, 4.69) is 5.32 Å². The number of carbonyl (C=O) groups excluding carboxylic acids is 1. The molecule has 0 saturated carbocycles. The Kier molecular flexibility index (Phi) is 5.53. The summed E-state index contributed by atoms with van der Waals surface area (Å²) in [7, 11) is 0. The summed E-state index contributed by atoms with van der Waals surface area (Å²) in [6, 6.07) is -0.103. The molecular formula is C10H22N2O2. The van der Waals surface area contributed by atoms with Crippen LogP contribution in [0.15, 0.2) is 0 Å². The largest absolute Gasteiger partial charge is 0.395 e. The molecule has 0 radical (unpaired) electrons. The Hall–Kier alpha value is -0.770. The van der Waals surface area contributed by atoms with Crippen molar-refractivity contribution in [2.45, 2.75) is 39.7 Å². The number of rotatable bonds is 4. The van der Waals surface area contributed by atoms with Crippen molar-refractivity contribution >= 4 is 6.03 Å². The third kappa shape index (κ3) is 5.80. The number of hydrogen-bond donors (Lipinski definition) is 2. The summed E-state index contributed by atoms with van der Waals surface area (Å²) in [6.07, 6.45) is 0.900. The maximum atomic E-state index is 11.6. The van der Waals surface area contributed by atoms with Gasteiger partial charge in [-0.3, -0.25) is 0 Å². The van der Waals surface area contributed by atoms with Crippen LogP contribution in [0.5, 0.6) is 0 Å². The average Bonchev–Trinajstić information content (AvgIpc) is 2.01. The highest BCUT2D eigenvalue weighted by Crippen LogP contribution is 2.01. The number of carbonyl (C=O) groups is 1. The Morgan fingerprint density at radius 2 is 1.93 bits per heavy atom. The maximum absolute atomic E-state index is 11.6. The predicted octanol–water partition coefficient (Wildman–Crippen LogP) is 1.20. The van der Waals surface area contributed by atoms with Crippen molar-refractivity contribution in [1.82, 2.24) is 10.2 Å². The fraction of sp³-hybridized carbons (Fsp3) is 0.900. The van der Waals surface area contributed by atoms with Gasteiger partial charge in [-0.05, 0) is 27.2 Å². The van der Waals surface area contributed by atoms with Gasteiger partial charge in [0.05, 0.1) is 6.61 Å². The molecule has 2 amide bonds. The van der Waals surface area contributed by atoms with E-state index in [0.29, 0.717) is 13.1 Å². The molecule has 0 aliphatic carbocycles. The molecule has 0 aromatic rings. The van der Waals surface area contributed by atoms with Gasteiger partial charge in [0.2, 0.25) is 0 Å². The lowest BCUT2D eigenvalue weighted by atomic mass is 10.1. The second-order valence-electron chi connectivity index (χ2n) is 4.39. The standard InChI is InChI=1S/C10H22N2O2/c1-5-6-12(7-8-13)9(14)11-10(2,3)4/h13H,5-8H2,1-4H3,(H,11,14). The number of nitrogens with one attached hydrogen (secondary N) is 1. The number of amides is 2. The lowest BCUT2D eigenvalue weighted by Crippen LogP contribution is -2.49.